The van der Waals surface area contributed by atoms with E-state index in [4.69, 9.17) is 0 Å². The predicted molar refractivity (Wildman–Crippen MR) is 110 cm³/mol. The van der Waals surface area contributed by atoms with E-state index in [9.17, 15) is 14.4 Å². The Labute approximate surface area is 175 Å². The van der Waals surface area contributed by atoms with Crippen LogP contribution in [0.5, 0.6) is 0 Å². The van der Waals surface area contributed by atoms with Crippen molar-refractivity contribution in [3.63, 3.8) is 0 Å². The van der Waals surface area contributed by atoms with Crippen molar-refractivity contribution in [3.8, 4) is 0 Å². The molecule has 2 atom stereocenters. The van der Waals surface area contributed by atoms with Gasteiger partial charge in [0.05, 0.1) is 6.04 Å². The SMILES string of the molecule is CC(C(=O)NC(=O)NC12CC3CC(CC(C3)C1)C2)N1CCCC(c2n[nH]c(=O)[nH]2)C1. The fourth-order valence-corrected chi connectivity index (χ4v) is 6.98. The lowest BCUT2D eigenvalue weighted by Crippen LogP contribution is -2.62. The maximum Gasteiger partial charge on any atom is 0.340 e. The molecule has 2 unspecified atom stereocenters. The summed E-state index contributed by atoms with van der Waals surface area (Å²) in [6, 6.07) is -0.764. The number of aromatic nitrogens is 3. The second kappa shape index (κ2) is 7.51. The van der Waals surface area contributed by atoms with Gasteiger partial charge in [-0.3, -0.25) is 20.0 Å². The van der Waals surface area contributed by atoms with Gasteiger partial charge >= 0.3 is 11.7 Å². The van der Waals surface area contributed by atoms with E-state index in [-0.39, 0.29) is 29.1 Å². The Kier molecular flexibility index (Phi) is 4.95. The lowest BCUT2D eigenvalue weighted by molar-refractivity contribution is -0.125. The Hall–Kier alpha value is -2.16. The fraction of sp³-hybridized carbons (Fsp3) is 0.810. The van der Waals surface area contributed by atoms with Crippen molar-refractivity contribution in [2.24, 2.45) is 17.8 Å². The number of piperidine rings is 1. The molecule has 0 spiro atoms. The van der Waals surface area contributed by atoms with Crippen molar-refractivity contribution in [1.82, 2.24) is 30.7 Å². The van der Waals surface area contributed by atoms with E-state index in [1.165, 1.54) is 19.3 Å². The standard InChI is InChI=1S/C21H32N6O3/c1-12(27-4-2-3-16(11-27)17-22-20(30)26-25-17)18(28)23-19(29)24-21-8-13-5-14(9-21)7-15(6-13)10-21/h12-16H,2-11H2,1H3,(H2,22,25,26,30)(H2,23,24,28,29). The average molecular weight is 417 g/mol. The zero-order valence-electron chi connectivity index (χ0n) is 17.6. The number of imide groups is 1. The molecule has 5 fully saturated rings. The summed E-state index contributed by atoms with van der Waals surface area (Å²) in [6.07, 6.45) is 8.96. The molecule has 1 saturated heterocycles. The van der Waals surface area contributed by atoms with Gasteiger partial charge in [-0.1, -0.05) is 0 Å². The van der Waals surface area contributed by atoms with Gasteiger partial charge in [-0.2, -0.15) is 5.10 Å². The smallest absolute Gasteiger partial charge is 0.332 e. The molecule has 9 heteroatoms. The minimum absolute atomic E-state index is 0.0776. The number of urea groups is 1. The van der Waals surface area contributed by atoms with Crippen LogP contribution in [0.2, 0.25) is 0 Å². The van der Waals surface area contributed by atoms with Crippen molar-refractivity contribution >= 4 is 11.9 Å². The van der Waals surface area contributed by atoms with E-state index in [0.29, 0.717) is 12.4 Å². The Morgan fingerprint density at radius 3 is 2.43 bits per heavy atom. The fourth-order valence-electron chi connectivity index (χ4n) is 6.98. The summed E-state index contributed by atoms with van der Waals surface area (Å²) in [6.45, 7) is 3.26. The zero-order valence-corrected chi connectivity index (χ0v) is 17.6. The number of hydrogen-bond acceptors (Lipinski definition) is 5. The van der Waals surface area contributed by atoms with Crippen LogP contribution in [0, 0.1) is 17.8 Å². The molecule has 4 saturated carbocycles. The first-order valence-electron chi connectivity index (χ1n) is 11.4. The van der Waals surface area contributed by atoms with Gasteiger partial charge in [-0.05, 0) is 82.6 Å². The van der Waals surface area contributed by atoms with Gasteiger partial charge in [0.15, 0.2) is 0 Å². The van der Waals surface area contributed by atoms with Gasteiger partial charge in [-0.15, -0.1) is 0 Å². The number of rotatable bonds is 4. The molecule has 1 aromatic rings. The molecule has 9 nitrogen and oxygen atoms in total. The number of nitrogens with zero attached hydrogens (tertiary/aromatic N) is 2. The molecule has 30 heavy (non-hydrogen) atoms. The lowest BCUT2D eigenvalue weighted by Gasteiger charge is -2.56. The van der Waals surface area contributed by atoms with E-state index < -0.39 is 6.04 Å². The maximum absolute atomic E-state index is 12.8. The van der Waals surface area contributed by atoms with Crippen molar-refractivity contribution in [2.75, 3.05) is 13.1 Å². The van der Waals surface area contributed by atoms with Crippen LogP contribution in [0.15, 0.2) is 4.79 Å². The molecule has 0 radical (unpaired) electrons. The normalized spacial score (nSPS) is 36.4. The quantitative estimate of drug-likeness (QED) is 0.592. The molecular weight excluding hydrogens is 384 g/mol. The molecular formula is C21H32N6O3. The summed E-state index contributed by atoms with van der Waals surface area (Å²) >= 11 is 0. The van der Waals surface area contributed by atoms with Gasteiger partial charge in [0.2, 0.25) is 5.91 Å². The monoisotopic (exact) mass is 416 g/mol. The van der Waals surface area contributed by atoms with Crippen LogP contribution in [-0.4, -0.2) is 56.7 Å². The first kappa shape index (κ1) is 19.8. The van der Waals surface area contributed by atoms with Gasteiger partial charge in [0, 0.05) is 18.0 Å². The zero-order chi connectivity index (χ0) is 20.9. The van der Waals surface area contributed by atoms with Crippen LogP contribution >= 0.6 is 0 Å². The summed E-state index contributed by atoms with van der Waals surface area (Å²) in [5, 5.41) is 12.3. The Bertz CT molecular complexity index is 841. The highest BCUT2D eigenvalue weighted by Crippen LogP contribution is 2.55. The molecule has 3 amide bonds. The summed E-state index contributed by atoms with van der Waals surface area (Å²) in [4.78, 5) is 41.6. The van der Waals surface area contributed by atoms with Gasteiger partial charge in [0.1, 0.15) is 5.82 Å². The molecule has 1 aliphatic heterocycles. The van der Waals surface area contributed by atoms with E-state index in [0.717, 1.165) is 56.4 Å². The topological polar surface area (TPSA) is 123 Å². The number of H-pyrrole nitrogens is 2. The first-order chi connectivity index (χ1) is 14.4. The third kappa shape index (κ3) is 3.79. The summed E-state index contributed by atoms with van der Waals surface area (Å²) in [7, 11) is 0. The summed E-state index contributed by atoms with van der Waals surface area (Å²) < 4.78 is 0. The van der Waals surface area contributed by atoms with Crippen molar-refractivity contribution in [3.05, 3.63) is 16.3 Å². The Morgan fingerprint density at radius 1 is 1.17 bits per heavy atom. The number of hydrogen-bond donors (Lipinski definition) is 4. The van der Waals surface area contributed by atoms with E-state index in [1.807, 2.05) is 6.92 Å². The first-order valence-corrected chi connectivity index (χ1v) is 11.4. The Morgan fingerprint density at radius 2 is 1.83 bits per heavy atom. The third-order valence-electron chi connectivity index (χ3n) is 7.94. The van der Waals surface area contributed by atoms with Gasteiger partial charge in [0.25, 0.3) is 0 Å². The highest BCUT2D eigenvalue weighted by molar-refractivity contribution is 5.97. The number of amides is 3. The third-order valence-corrected chi connectivity index (χ3v) is 7.94. The van der Waals surface area contributed by atoms with Gasteiger partial charge < -0.3 is 5.32 Å². The highest BCUT2D eigenvalue weighted by atomic mass is 16.2. The lowest BCUT2D eigenvalue weighted by atomic mass is 9.53. The van der Waals surface area contributed by atoms with Crippen LogP contribution in [0.4, 0.5) is 4.79 Å². The number of nitrogens with one attached hydrogen (secondary N) is 4. The van der Waals surface area contributed by atoms with Gasteiger partial charge in [-0.25, -0.2) is 14.7 Å². The molecule has 0 aromatic carbocycles. The number of likely N-dealkylation sites (tertiary alicyclic amines) is 1. The number of carbonyl (C=O) groups excluding carboxylic acids is 2. The van der Waals surface area contributed by atoms with Crippen molar-refractivity contribution in [1.29, 1.82) is 0 Å². The number of aromatic amines is 2. The second-order valence-electron chi connectivity index (χ2n) is 10.2. The molecule has 4 aliphatic carbocycles. The summed E-state index contributed by atoms with van der Waals surface area (Å²) in [5.41, 5.74) is -0.418. The van der Waals surface area contributed by atoms with Crippen LogP contribution in [0.3, 0.4) is 0 Å². The maximum atomic E-state index is 12.8. The van der Waals surface area contributed by atoms with E-state index >= 15 is 0 Å². The van der Waals surface area contributed by atoms with Crippen molar-refractivity contribution in [2.45, 2.75) is 75.8 Å². The Balaban J connectivity index is 1.17. The van der Waals surface area contributed by atoms with Crippen molar-refractivity contribution < 1.29 is 9.59 Å². The molecule has 5 aliphatic rings. The molecule has 6 rings (SSSR count). The predicted octanol–water partition coefficient (Wildman–Crippen LogP) is 1.46. The second-order valence-corrected chi connectivity index (χ2v) is 10.2. The number of carbonyl (C=O) groups is 2. The van der Waals surface area contributed by atoms with Crippen LogP contribution in [-0.2, 0) is 4.79 Å². The minimum atomic E-state index is -0.416. The molecule has 4 N–H and O–H groups in total. The summed E-state index contributed by atoms with van der Waals surface area (Å²) in [5.74, 6) is 2.67. The largest absolute Gasteiger partial charge is 0.340 e. The molecule has 2 heterocycles. The molecule has 1 aromatic heterocycles. The average Bonchev–Trinajstić information content (AvgIpc) is 3.12. The minimum Gasteiger partial charge on any atom is -0.332 e. The van der Waals surface area contributed by atoms with E-state index in [2.05, 4.69) is 30.7 Å². The van der Waals surface area contributed by atoms with Crippen LogP contribution in [0.25, 0.3) is 0 Å². The molecule has 4 bridgehead atoms. The highest BCUT2D eigenvalue weighted by Gasteiger charge is 2.51. The van der Waals surface area contributed by atoms with Crippen LogP contribution < -0.4 is 16.3 Å². The van der Waals surface area contributed by atoms with E-state index in [1.54, 1.807) is 0 Å². The molecule has 164 valence electrons. The van der Waals surface area contributed by atoms with Crippen LogP contribution in [0.1, 0.15) is 70.0 Å².